The molecule has 8 heteroatoms. The van der Waals surface area contributed by atoms with Gasteiger partial charge in [0.25, 0.3) is 0 Å². The lowest BCUT2D eigenvalue weighted by molar-refractivity contribution is 0.304. The molecule has 0 saturated heterocycles. The fourth-order valence-electron chi connectivity index (χ4n) is 5.71. The standard InChI is InChI=1S/C34H47BBr2F2N2O/c1-6-7-8-9-10-11-12-13-14-15-16-17-18-23-42-29-21-19-28(20-22-29)30(33-24(2)31(36)26(4)40-33)34-25(3)32(37)27(5)41(34)35(38)39/h19-22H,6-18,23H2,1-5H3/b33-30-. The molecule has 0 spiro atoms. The molecular weight excluding hydrogens is 661 g/mol. The fraction of sp³-hybridized carbons (Fsp3) is 0.559. The molecular formula is C34H47BBr2F2N2O. The third-order valence-corrected chi connectivity index (χ3v) is 10.6. The lowest BCUT2D eigenvalue weighted by Crippen LogP contribution is -2.18. The van der Waals surface area contributed by atoms with Crippen LogP contribution in [0.15, 0.2) is 49.5 Å². The van der Waals surface area contributed by atoms with Crippen molar-refractivity contribution in [3.8, 4) is 5.75 Å². The average molecular weight is 708 g/mol. The summed E-state index contributed by atoms with van der Waals surface area (Å²) in [7, 11) is -2.68. The summed E-state index contributed by atoms with van der Waals surface area (Å²) in [6.07, 6.45) is 17.2. The number of ether oxygens (including phenoxy) is 1. The smallest absolute Gasteiger partial charge is 0.494 e. The Balaban J connectivity index is 1.58. The van der Waals surface area contributed by atoms with Crippen molar-refractivity contribution in [1.82, 2.24) is 4.48 Å². The van der Waals surface area contributed by atoms with Gasteiger partial charge in [0.2, 0.25) is 0 Å². The monoisotopic (exact) mass is 706 g/mol. The number of benzene rings is 1. The Hall–Kier alpha value is -1.67. The molecule has 0 unspecified atom stereocenters. The molecule has 3 nitrogen and oxygen atoms in total. The highest BCUT2D eigenvalue weighted by molar-refractivity contribution is 9.12. The van der Waals surface area contributed by atoms with Crippen molar-refractivity contribution in [3.63, 3.8) is 0 Å². The molecule has 42 heavy (non-hydrogen) atoms. The van der Waals surface area contributed by atoms with Gasteiger partial charge in [-0.2, -0.15) is 0 Å². The molecule has 0 radical (unpaired) electrons. The minimum absolute atomic E-state index is 0.475. The van der Waals surface area contributed by atoms with Gasteiger partial charge in [0.05, 0.1) is 18.0 Å². The summed E-state index contributed by atoms with van der Waals surface area (Å²) in [6.45, 7) is 10.4. The van der Waals surface area contributed by atoms with Crippen LogP contribution in [0.5, 0.6) is 5.75 Å². The van der Waals surface area contributed by atoms with Crippen molar-refractivity contribution >= 4 is 50.5 Å². The molecule has 1 aliphatic rings. The quantitative estimate of drug-likeness (QED) is 0.112. The molecule has 1 aromatic heterocycles. The lowest BCUT2D eigenvalue weighted by Gasteiger charge is -2.17. The maximum Gasteiger partial charge on any atom is 0.677 e. The summed E-state index contributed by atoms with van der Waals surface area (Å²) in [5.74, 6) is 0.792. The highest BCUT2D eigenvalue weighted by Gasteiger charge is 2.32. The van der Waals surface area contributed by atoms with Crippen molar-refractivity contribution in [2.75, 3.05) is 6.61 Å². The highest BCUT2D eigenvalue weighted by Crippen LogP contribution is 2.42. The zero-order chi connectivity index (χ0) is 30.6. The van der Waals surface area contributed by atoms with Crippen molar-refractivity contribution in [2.24, 2.45) is 4.99 Å². The van der Waals surface area contributed by atoms with Crippen molar-refractivity contribution < 1.29 is 13.4 Å². The Morgan fingerprint density at radius 1 is 0.810 bits per heavy atom. The molecule has 1 aromatic carbocycles. The second-order valence-corrected chi connectivity index (χ2v) is 13.1. The molecule has 2 aromatic rings. The zero-order valence-corrected chi connectivity index (χ0v) is 29.3. The first-order valence-electron chi connectivity index (χ1n) is 15.7. The minimum Gasteiger partial charge on any atom is -0.494 e. The van der Waals surface area contributed by atoms with Crippen LogP contribution in [-0.2, 0) is 0 Å². The number of halogens is 4. The number of nitrogens with zero attached hydrogens (tertiary/aromatic N) is 2. The van der Waals surface area contributed by atoms with E-state index < -0.39 is 7.40 Å². The van der Waals surface area contributed by atoms with Crippen LogP contribution in [0.2, 0.25) is 0 Å². The molecule has 3 rings (SSSR count). The molecule has 1 aliphatic heterocycles. The number of rotatable bonds is 18. The van der Waals surface area contributed by atoms with E-state index in [1.165, 1.54) is 77.0 Å². The Bertz CT molecular complexity index is 1270. The molecule has 0 amide bonds. The molecule has 2 heterocycles. The Morgan fingerprint density at radius 2 is 1.33 bits per heavy atom. The third-order valence-electron chi connectivity index (χ3n) is 8.21. The van der Waals surface area contributed by atoms with Gasteiger partial charge < -0.3 is 9.21 Å². The van der Waals surface area contributed by atoms with Crippen LogP contribution in [0, 0.1) is 13.8 Å². The number of aromatic nitrogens is 1. The van der Waals surface area contributed by atoms with Crippen LogP contribution in [0.1, 0.15) is 127 Å². The zero-order valence-electron chi connectivity index (χ0n) is 26.1. The van der Waals surface area contributed by atoms with Crippen LogP contribution in [-0.4, -0.2) is 24.2 Å². The first-order chi connectivity index (χ1) is 20.2. The first-order valence-corrected chi connectivity index (χ1v) is 17.3. The van der Waals surface area contributed by atoms with E-state index in [1.54, 1.807) is 6.92 Å². The van der Waals surface area contributed by atoms with E-state index >= 15 is 0 Å². The molecule has 0 saturated carbocycles. The normalized spacial score (nSPS) is 14.5. The van der Waals surface area contributed by atoms with Gasteiger partial charge in [0.1, 0.15) is 5.75 Å². The SMILES string of the molecule is CCCCCCCCCCCCCCCOc1ccc(/C(=C2/N=C(C)C(Br)=C2C)c2c(C)c(Br)c(C)n2B(F)F)cc1. The summed E-state index contributed by atoms with van der Waals surface area (Å²) in [5, 5.41) is 0. The molecule has 0 aliphatic carbocycles. The summed E-state index contributed by atoms with van der Waals surface area (Å²) in [4.78, 5) is 4.80. The Labute approximate surface area is 269 Å². The Kier molecular flexibility index (Phi) is 14.6. The fourth-order valence-corrected chi connectivity index (χ4v) is 6.37. The molecule has 230 valence electrons. The number of aliphatic imine (C=N–C) groups is 1. The van der Waals surface area contributed by atoms with Crippen LogP contribution < -0.4 is 4.74 Å². The molecule has 0 bridgehead atoms. The Morgan fingerprint density at radius 3 is 1.81 bits per heavy atom. The van der Waals surface area contributed by atoms with E-state index in [1.807, 2.05) is 45.0 Å². The predicted molar refractivity (Wildman–Crippen MR) is 183 cm³/mol. The predicted octanol–water partition coefficient (Wildman–Crippen LogP) is 12.0. The number of unbranched alkanes of at least 4 members (excludes halogenated alkanes) is 12. The topological polar surface area (TPSA) is 26.5 Å². The van der Waals surface area contributed by atoms with Gasteiger partial charge in [0, 0.05) is 25.9 Å². The van der Waals surface area contributed by atoms with Crippen molar-refractivity contribution in [1.29, 1.82) is 0 Å². The molecule has 0 N–H and O–H groups in total. The van der Waals surface area contributed by atoms with Crippen LogP contribution in [0.3, 0.4) is 0 Å². The van der Waals surface area contributed by atoms with Gasteiger partial charge in [0.15, 0.2) is 0 Å². The second-order valence-electron chi connectivity index (χ2n) is 11.5. The van der Waals surface area contributed by atoms with Gasteiger partial charge in [-0.3, -0.25) is 13.6 Å². The maximum atomic E-state index is 14.4. The van der Waals surface area contributed by atoms with Crippen molar-refractivity contribution in [2.45, 2.75) is 118 Å². The molecule has 0 fully saturated rings. The number of hydrogen-bond acceptors (Lipinski definition) is 2. The third kappa shape index (κ3) is 9.17. The number of allylic oxidation sites excluding steroid dienone is 2. The van der Waals surface area contributed by atoms with Gasteiger partial charge in [-0.25, -0.2) is 0 Å². The molecule has 0 atom stereocenters. The van der Waals surface area contributed by atoms with Gasteiger partial charge in [-0.05, 0) is 94.8 Å². The first kappa shape index (κ1) is 34.8. The van der Waals surface area contributed by atoms with E-state index in [4.69, 9.17) is 9.73 Å². The minimum atomic E-state index is -2.68. The van der Waals surface area contributed by atoms with Gasteiger partial charge in [-0.1, -0.05) is 96.1 Å². The summed E-state index contributed by atoms with van der Waals surface area (Å²) in [6, 6.07) is 7.78. The highest BCUT2D eigenvalue weighted by atomic mass is 79.9. The van der Waals surface area contributed by atoms with E-state index in [2.05, 4.69) is 38.8 Å². The second kappa shape index (κ2) is 17.6. The van der Waals surface area contributed by atoms with Gasteiger partial charge >= 0.3 is 7.40 Å². The summed E-state index contributed by atoms with van der Waals surface area (Å²) >= 11 is 7.16. The average Bonchev–Trinajstić information content (AvgIpc) is 3.35. The van der Waals surface area contributed by atoms with Gasteiger partial charge in [-0.15, -0.1) is 0 Å². The lowest BCUT2D eigenvalue weighted by atomic mass is 9.94. The van der Waals surface area contributed by atoms with Crippen LogP contribution in [0.4, 0.5) is 8.63 Å². The van der Waals surface area contributed by atoms with E-state index in [9.17, 15) is 8.63 Å². The van der Waals surface area contributed by atoms with E-state index in [-0.39, 0.29) is 0 Å². The van der Waals surface area contributed by atoms with E-state index in [0.29, 0.717) is 33.7 Å². The maximum absolute atomic E-state index is 14.4. The van der Waals surface area contributed by atoms with Crippen LogP contribution in [0.25, 0.3) is 5.57 Å². The summed E-state index contributed by atoms with van der Waals surface area (Å²) in [5.41, 5.74) is 5.72. The number of hydrogen-bond donors (Lipinski definition) is 0. The van der Waals surface area contributed by atoms with Crippen LogP contribution >= 0.6 is 31.9 Å². The largest absolute Gasteiger partial charge is 0.677 e. The summed E-state index contributed by atoms with van der Waals surface area (Å²) < 4.78 is 37.5. The van der Waals surface area contributed by atoms with E-state index in [0.717, 1.165) is 43.5 Å². The van der Waals surface area contributed by atoms with Crippen molar-refractivity contribution in [3.05, 3.63) is 67.0 Å².